The first-order valence-electron chi connectivity index (χ1n) is 10.5. The van der Waals surface area contributed by atoms with Gasteiger partial charge >= 0.3 is 0 Å². The predicted molar refractivity (Wildman–Crippen MR) is 122 cm³/mol. The van der Waals surface area contributed by atoms with Crippen LogP contribution < -0.4 is 0 Å². The number of para-hydroxylation sites is 1. The second kappa shape index (κ2) is 7.63. The van der Waals surface area contributed by atoms with Gasteiger partial charge in [0.15, 0.2) is 5.65 Å². The number of benzene rings is 1. The van der Waals surface area contributed by atoms with Crippen molar-refractivity contribution in [2.45, 2.75) is 26.7 Å². The van der Waals surface area contributed by atoms with Gasteiger partial charge in [-0.3, -0.25) is 19.3 Å². The molecule has 5 rings (SSSR count). The molecule has 1 aliphatic heterocycles. The van der Waals surface area contributed by atoms with Crippen molar-refractivity contribution in [2.75, 3.05) is 13.1 Å². The van der Waals surface area contributed by atoms with Crippen molar-refractivity contribution >= 4 is 45.4 Å². The van der Waals surface area contributed by atoms with E-state index in [1.165, 1.54) is 11.2 Å². The van der Waals surface area contributed by atoms with E-state index >= 15 is 0 Å². The van der Waals surface area contributed by atoms with Crippen LogP contribution in [0, 0.1) is 13.8 Å². The number of aromatic nitrogens is 4. The number of carbonyl (C=O) groups is 2. The minimum atomic E-state index is -0.325. The summed E-state index contributed by atoms with van der Waals surface area (Å²) in [6, 6.07) is 7.92. The van der Waals surface area contributed by atoms with Crippen molar-refractivity contribution in [1.29, 1.82) is 0 Å². The normalized spacial score (nSPS) is 14.1. The third kappa shape index (κ3) is 3.14. The fraction of sp³-hybridized carbons (Fsp3) is 0.304. The molecule has 0 radical (unpaired) electrons. The highest BCUT2D eigenvalue weighted by Crippen LogP contribution is 2.30. The summed E-state index contributed by atoms with van der Waals surface area (Å²) in [6.45, 7) is 4.74. The Morgan fingerprint density at radius 3 is 2.72 bits per heavy atom. The molecule has 1 fully saturated rings. The number of aryl methyl sites for hydroxylation is 3. The molecule has 9 heteroatoms. The average molecular weight is 451 g/mol. The van der Waals surface area contributed by atoms with Crippen LogP contribution in [0.3, 0.4) is 0 Å². The maximum atomic E-state index is 13.4. The molecule has 1 N–H and O–H groups in total. The van der Waals surface area contributed by atoms with Gasteiger partial charge in [0.25, 0.3) is 5.91 Å². The molecular formula is C23H23ClN6O2. The number of aromatic amines is 1. The van der Waals surface area contributed by atoms with Crippen LogP contribution in [0.25, 0.3) is 21.9 Å². The fourth-order valence-corrected chi connectivity index (χ4v) is 4.89. The number of hydrogen-bond donors (Lipinski definition) is 1. The molecule has 0 spiro atoms. The summed E-state index contributed by atoms with van der Waals surface area (Å²) in [5.41, 5.74) is 4.52. The Balaban J connectivity index is 1.44. The lowest BCUT2D eigenvalue weighted by atomic mass is 10.1. The summed E-state index contributed by atoms with van der Waals surface area (Å²) in [5.74, 6) is -0.444. The van der Waals surface area contributed by atoms with Crippen LogP contribution in [0.4, 0.5) is 0 Å². The summed E-state index contributed by atoms with van der Waals surface area (Å²) < 4.78 is 1.64. The Hall–Kier alpha value is -3.39. The van der Waals surface area contributed by atoms with Crippen LogP contribution in [0.2, 0.25) is 5.02 Å². The number of nitrogens with one attached hydrogen (secondary N) is 1. The minimum Gasteiger partial charge on any atom is -0.358 e. The number of halogens is 1. The van der Waals surface area contributed by atoms with Crippen molar-refractivity contribution in [3.8, 4) is 0 Å². The quantitative estimate of drug-likeness (QED) is 0.517. The van der Waals surface area contributed by atoms with Gasteiger partial charge in [-0.05, 0) is 31.9 Å². The number of nitrogens with zero attached hydrogens (tertiary/aromatic N) is 5. The second-order valence-corrected chi connectivity index (χ2v) is 8.52. The highest BCUT2D eigenvalue weighted by atomic mass is 35.5. The molecule has 3 aromatic heterocycles. The molecule has 4 aromatic rings. The minimum absolute atomic E-state index is 0.119. The maximum absolute atomic E-state index is 13.4. The molecule has 0 bridgehead atoms. The highest BCUT2D eigenvalue weighted by molar-refractivity contribution is 6.38. The lowest BCUT2D eigenvalue weighted by molar-refractivity contribution is -0.139. The zero-order chi connectivity index (χ0) is 22.6. The van der Waals surface area contributed by atoms with Gasteiger partial charge in [-0.2, -0.15) is 5.10 Å². The molecule has 0 unspecified atom stereocenters. The van der Waals surface area contributed by atoms with Crippen LogP contribution in [0.5, 0.6) is 0 Å². The van der Waals surface area contributed by atoms with E-state index in [0.29, 0.717) is 41.3 Å². The number of H-pyrrole nitrogens is 1. The van der Waals surface area contributed by atoms with Crippen molar-refractivity contribution in [3.05, 3.63) is 58.0 Å². The van der Waals surface area contributed by atoms with E-state index in [0.717, 1.165) is 22.2 Å². The lowest BCUT2D eigenvalue weighted by Gasteiger charge is -2.28. The molecule has 0 atom stereocenters. The summed E-state index contributed by atoms with van der Waals surface area (Å²) >= 11 is 6.61. The monoisotopic (exact) mass is 450 g/mol. The molecular weight excluding hydrogens is 428 g/mol. The third-order valence-corrected chi connectivity index (χ3v) is 6.50. The Kier molecular flexibility index (Phi) is 4.89. The Morgan fingerprint density at radius 2 is 1.91 bits per heavy atom. The van der Waals surface area contributed by atoms with E-state index in [1.807, 2.05) is 38.1 Å². The molecule has 4 heterocycles. The molecule has 2 amide bonds. The van der Waals surface area contributed by atoms with Gasteiger partial charge in [0, 0.05) is 42.9 Å². The molecule has 1 aromatic carbocycles. The largest absolute Gasteiger partial charge is 0.358 e. The lowest BCUT2D eigenvalue weighted by Crippen LogP contribution is -2.45. The molecule has 32 heavy (non-hydrogen) atoms. The SMILES string of the molecule is Cc1[nH]c2ccccc2c1CC(=O)N1CCCN1C(=O)c1cnc2c(c(C)nn2C)c1Cl. The maximum Gasteiger partial charge on any atom is 0.275 e. The third-order valence-electron chi connectivity index (χ3n) is 6.10. The van der Waals surface area contributed by atoms with Crippen molar-refractivity contribution in [1.82, 2.24) is 29.8 Å². The van der Waals surface area contributed by atoms with E-state index in [2.05, 4.69) is 15.1 Å². The molecule has 1 saturated heterocycles. The Bertz CT molecular complexity index is 1390. The first-order chi connectivity index (χ1) is 15.4. The van der Waals surface area contributed by atoms with E-state index in [-0.39, 0.29) is 23.8 Å². The first-order valence-corrected chi connectivity index (χ1v) is 10.9. The van der Waals surface area contributed by atoms with Gasteiger partial charge in [0.05, 0.1) is 28.1 Å². The molecule has 0 saturated carbocycles. The molecule has 164 valence electrons. The van der Waals surface area contributed by atoms with Gasteiger partial charge in [0.1, 0.15) is 0 Å². The fourth-order valence-electron chi connectivity index (χ4n) is 4.54. The number of hydrogen-bond acceptors (Lipinski definition) is 4. The van der Waals surface area contributed by atoms with Crippen LogP contribution in [-0.2, 0) is 18.3 Å². The molecule has 0 aliphatic carbocycles. The summed E-state index contributed by atoms with van der Waals surface area (Å²) in [4.78, 5) is 34.4. The van der Waals surface area contributed by atoms with Crippen molar-refractivity contribution in [3.63, 3.8) is 0 Å². The molecule has 1 aliphatic rings. The Morgan fingerprint density at radius 1 is 1.16 bits per heavy atom. The average Bonchev–Trinajstić information content (AvgIpc) is 3.45. The van der Waals surface area contributed by atoms with Crippen LogP contribution >= 0.6 is 11.6 Å². The number of amides is 2. The van der Waals surface area contributed by atoms with Gasteiger partial charge < -0.3 is 4.98 Å². The Labute approximate surface area is 189 Å². The number of pyridine rings is 1. The predicted octanol–water partition coefficient (Wildman–Crippen LogP) is 3.55. The van der Waals surface area contributed by atoms with Crippen molar-refractivity contribution < 1.29 is 9.59 Å². The van der Waals surface area contributed by atoms with E-state index in [9.17, 15) is 9.59 Å². The standard InChI is InChI=1S/C23H23ClN6O2/c1-13-16(15-7-4-5-8-18(15)26-13)11-19(31)29-9-6-10-30(29)23(32)17-12-25-22-20(21(17)24)14(2)27-28(22)3/h4-5,7-8,12,26H,6,9-11H2,1-3H3. The smallest absolute Gasteiger partial charge is 0.275 e. The number of carbonyl (C=O) groups excluding carboxylic acids is 2. The van der Waals surface area contributed by atoms with Crippen LogP contribution in [-0.4, -0.2) is 54.7 Å². The molecule has 8 nitrogen and oxygen atoms in total. The zero-order valence-electron chi connectivity index (χ0n) is 18.1. The number of fused-ring (bicyclic) bond motifs is 2. The van der Waals surface area contributed by atoms with Gasteiger partial charge in [0.2, 0.25) is 5.91 Å². The van der Waals surface area contributed by atoms with Gasteiger partial charge in [-0.25, -0.2) is 9.99 Å². The highest BCUT2D eigenvalue weighted by Gasteiger charge is 2.33. The van der Waals surface area contributed by atoms with Gasteiger partial charge in [-0.15, -0.1) is 0 Å². The van der Waals surface area contributed by atoms with Gasteiger partial charge in [-0.1, -0.05) is 29.8 Å². The first kappa shape index (κ1) is 20.5. The summed E-state index contributed by atoms with van der Waals surface area (Å²) in [5, 5.41) is 9.38. The van der Waals surface area contributed by atoms with E-state index < -0.39 is 0 Å². The number of hydrazine groups is 1. The topological polar surface area (TPSA) is 87.1 Å². The summed E-state index contributed by atoms with van der Waals surface area (Å²) in [7, 11) is 1.79. The van der Waals surface area contributed by atoms with Crippen LogP contribution in [0.15, 0.2) is 30.5 Å². The zero-order valence-corrected chi connectivity index (χ0v) is 18.9. The number of rotatable bonds is 3. The van der Waals surface area contributed by atoms with Crippen molar-refractivity contribution in [2.24, 2.45) is 7.05 Å². The van der Waals surface area contributed by atoms with E-state index in [4.69, 9.17) is 11.6 Å². The summed E-state index contributed by atoms with van der Waals surface area (Å²) in [6.07, 6.45) is 2.40. The van der Waals surface area contributed by atoms with Crippen LogP contribution in [0.1, 0.15) is 33.7 Å². The second-order valence-electron chi connectivity index (χ2n) is 8.14. The van der Waals surface area contributed by atoms with E-state index in [1.54, 1.807) is 16.7 Å².